The van der Waals surface area contributed by atoms with Gasteiger partial charge in [-0.05, 0) is 12.8 Å². The van der Waals surface area contributed by atoms with Crippen LogP contribution in [0.4, 0.5) is 5.13 Å². The lowest BCUT2D eigenvalue weighted by Gasteiger charge is -2.22. The first-order valence-corrected chi connectivity index (χ1v) is 8.68. The number of halogens is 1. The zero-order valence-electron chi connectivity index (χ0n) is 12.1. The maximum absolute atomic E-state index is 12.2. The molecule has 2 aromatic rings. The molecular formula is C16H17ClN2O2S. The van der Waals surface area contributed by atoms with Gasteiger partial charge < -0.3 is 4.74 Å². The molecule has 1 amide bonds. The summed E-state index contributed by atoms with van der Waals surface area (Å²) in [6.45, 7) is 1.29. The Bertz CT molecular complexity index is 626. The second-order valence-electron chi connectivity index (χ2n) is 5.15. The molecule has 1 fully saturated rings. The standard InChI is InChI=1S/C16H17ClN2O2S/c17-9-15(20)19(10-13-7-4-8-21-13)16-18-14(11-22-16)12-5-2-1-3-6-12/h1-3,5-6,11,13H,4,7-10H2. The Hall–Kier alpha value is -1.43. The number of aromatic nitrogens is 1. The van der Waals surface area contributed by atoms with Crippen molar-refractivity contribution in [3.8, 4) is 11.3 Å². The molecule has 1 saturated heterocycles. The predicted molar refractivity (Wildman–Crippen MR) is 89.6 cm³/mol. The second kappa shape index (κ2) is 7.22. The first-order valence-electron chi connectivity index (χ1n) is 7.27. The highest BCUT2D eigenvalue weighted by Crippen LogP contribution is 2.28. The van der Waals surface area contributed by atoms with Gasteiger partial charge in [0.25, 0.3) is 0 Å². The summed E-state index contributed by atoms with van der Waals surface area (Å²) in [7, 11) is 0. The smallest absolute Gasteiger partial charge is 0.243 e. The Morgan fingerprint density at radius 1 is 1.41 bits per heavy atom. The molecule has 3 rings (SSSR count). The van der Waals surface area contributed by atoms with Gasteiger partial charge in [-0.2, -0.15) is 0 Å². The Morgan fingerprint density at radius 3 is 2.91 bits per heavy atom. The lowest BCUT2D eigenvalue weighted by Crippen LogP contribution is -2.38. The molecule has 1 aromatic heterocycles. The van der Waals surface area contributed by atoms with Gasteiger partial charge >= 0.3 is 0 Å². The average Bonchev–Trinajstić information content (AvgIpc) is 3.24. The van der Waals surface area contributed by atoms with E-state index in [1.807, 2.05) is 35.7 Å². The van der Waals surface area contributed by atoms with Gasteiger partial charge in [0.05, 0.1) is 18.3 Å². The van der Waals surface area contributed by atoms with E-state index in [1.165, 1.54) is 11.3 Å². The molecule has 0 bridgehead atoms. The summed E-state index contributed by atoms with van der Waals surface area (Å²) < 4.78 is 5.63. The second-order valence-corrected chi connectivity index (χ2v) is 6.26. The highest BCUT2D eigenvalue weighted by atomic mass is 35.5. The highest BCUT2D eigenvalue weighted by molar-refractivity contribution is 7.14. The molecule has 22 heavy (non-hydrogen) atoms. The fraction of sp³-hybridized carbons (Fsp3) is 0.375. The summed E-state index contributed by atoms with van der Waals surface area (Å²) in [6, 6.07) is 9.93. The number of thiazole rings is 1. The molecule has 4 nitrogen and oxygen atoms in total. The topological polar surface area (TPSA) is 42.4 Å². The zero-order chi connectivity index (χ0) is 15.4. The van der Waals surface area contributed by atoms with Crippen LogP contribution in [0.5, 0.6) is 0 Å². The normalized spacial score (nSPS) is 17.6. The maximum Gasteiger partial charge on any atom is 0.243 e. The van der Waals surface area contributed by atoms with E-state index in [0.717, 1.165) is 30.7 Å². The van der Waals surface area contributed by atoms with Crippen LogP contribution in [0.1, 0.15) is 12.8 Å². The summed E-state index contributed by atoms with van der Waals surface area (Å²) >= 11 is 7.21. The number of rotatable bonds is 5. The Morgan fingerprint density at radius 2 is 2.23 bits per heavy atom. The zero-order valence-corrected chi connectivity index (χ0v) is 13.6. The van der Waals surface area contributed by atoms with E-state index in [-0.39, 0.29) is 17.9 Å². The van der Waals surface area contributed by atoms with E-state index in [4.69, 9.17) is 16.3 Å². The third-order valence-corrected chi connectivity index (χ3v) is 4.71. The first kappa shape index (κ1) is 15.5. The van der Waals surface area contributed by atoms with Crippen LogP contribution in [0.2, 0.25) is 0 Å². The van der Waals surface area contributed by atoms with E-state index >= 15 is 0 Å². The molecule has 0 radical (unpaired) electrons. The van der Waals surface area contributed by atoms with Gasteiger partial charge in [0, 0.05) is 17.6 Å². The molecule has 1 aromatic carbocycles. The van der Waals surface area contributed by atoms with Crippen LogP contribution in [-0.2, 0) is 9.53 Å². The molecule has 2 heterocycles. The van der Waals surface area contributed by atoms with E-state index in [1.54, 1.807) is 4.90 Å². The van der Waals surface area contributed by atoms with Crippen LogP contribution in [0.15, 0.2) is 35.7 Å². The molecule has 0 spiro atoms. The number of amides is 1. The lowest BCUT2D eigenvalue weighted by molar-refractivity contribution is -0.116. The monoisotopic (exact) mass is 336 g/mol. The van der Waals surface area contributed by atoms with Crippen LogP contribution in [0.25, 0.3) is 11.3 Å². The molecule has 0 saturated carbocycles. The van der Waals surface area contributed by atoms with Crippen molar-refractivity contribution in [2.75, 3.05) is 23.9 Å². The van der Waals surface area contributed by atoms with Crippen molar-refractivity contribution < 1.29 is 9.53 Å². The number of hydrogen-bond acceptors (Lipinski definition) is 4. The van der Waals surface area contributed by atoms with Gasteiger partial charge in [0.1, 0.15) is 5.88 Å². The number of hydrogen-bond donors (Lipinski definition) is 0. The molecule has 0 aliphatic carbocycles. The van der Waals surface area contributed by atoms with Gasteiger partial charge in [0.15, 0.2) is 5.13 Å². The van der Waals surface area contributed by atoms with Gasteiger partial charge in [-0.3, -0.25) is 9.69 Å². The minimum atomic E-state index is -0.133. The van der Waals surface area contributed by atoms with E-state index in [2.05, 4.69) is 4.98 Å². The maximum atomic E-state index is 12.2. The lowest BCUT2D eigenvalue weighted by atomic mass is 10.2. The van der Waals surface area contributed by atoms with Crippen molar-refractivity contribution in [3.05, 3.63) is 35.7 Å². The van der Waals surface area contributed by atoms with Gasteiger partial charge in [0.2, 0.25) is 5.91 Å². The van der Waals surface area contributed by atoms with Gasteiger partial charge in [-0.1, -0.05) is 30.3 Å². The van der Waals surface area contributed by atoms with E-state index < -0.39 is 0 Å². The number of alkyl halides is 1. The van der Waals surface area contributed by atoms with Crippen LogP contribution in [0.3, 0.4) is 0 Å². The first-order chi connectivity index (χ1) is 10.8. The number of nitrogens with zero attached hydrogens (tertiary/aromatic N) is 2. The van der Waals surface area contributed by atoms with Crippen molar-refractivity contribution in [1.29, 1.82) is 0 Å². The minimum absolute atomic E-state index is 0.0486. The minimum Gasteiger partial charge on any atom is -0.376 e. The van der Waals surface area contributed by atoms with Gasteiger partial charge in [-0.15, -0.1) is 22.9 Å². The molecular weight excluding hydrogens is 320 g/mol. The van der Waals surface area contributed by atoms with Gasteiger partial charge in [-0.25, -0.2) is 4.98 Å². The number of carbonyl (C=O) groups excluding carboxylic acids is 1. The Labute approximate surface area is 138 Å². The van der Waals surface area contributed by atoms with Crippen molar-refractivity contribution in [1.82, 2.24) is 4.98 Å². The average molecular weight is 337 g/mol. The van der Waals surface area contributed by atoms with Crippen molar-refractivity contribution in [3.63, 3.8) is 0 Å². The molecule has 1 unspecified atom stereocenters. The van der Waals surface area contributed by atoms with E-state index in [0.29, 0.717) is 11.7 Å². The summed E-state index contributed by atoms with van der Waals surface area (Å²) in [5.41, 5.74) is 1.92. The van der Waals surface area contributed by atoms with Crippen LogP contribution >= 0.6 is 22.9 Å². The Balaban J connectivity index is 1.81. The molecule has 1 atom stereocenters. The molecule has 6 heteroatoms. The van der Waals surface area contributed by atoms with Crippen LogP contribution in [-0.4, -0.2) is 36.0 Å². The molecule has 1 aliphatic rings. The van der Waals surface area contributed by atoms with Crippen LogP contribution in [0, 0.1) is 0 Å². The molecule has 1 aliphatic heterocycles. The van der Waals surface area contributed by atoms with Crippen molar-refractivity contribution >= 4 is 34.0 Å². The van der Waals surface area contributed by atoms with Crippen molar-refractivity contribution in [2.45, 2.75) is 18.9 Å². The third-order valence-electron chi connectivity index (χ3n) is 3.62. The predicted octanol–water partition coefficient (Wildman–Crippen LogP) is 3.56. The SMILES string of the molecule is O=C(CCl)N(CC1CCCO1)c1nc(-c2ccccc2)cs1. The summed E-state index contributed by atoms with van der Waals surface area (Å²) in [5.74, 6) is -0.182. The fourth-order valence-electron chi connectivity index (χ4n) is 2.48. The number of carbonyl (C=O) groups is 1. The highest BCUT2D eigenvalue weighted by Gasteiger charge is 2.25. The summed E-state index contributed by atoms with van der Waals surface area (Å²) in [5, 5.41) is 2.65. The Kier molecular flexibility index (Phi) is 5.08. The quantitative estimate of drug-likeness (QED) is 0.784. The summed E-state index contributed by atoms with van der Waals surface area (Å²) in [4.78, 5) is 18.4. The number of benzene rings is 1. The number of anilines is 1. The van der Waals surface area contributed by atoms with Crippen LogP contribution < -0.4 is 4.90 Å². The fourth-order valence-corrected chi connectivity index (χ4v) is 3.49. The molecule has 116 valence electrons. The third kappa shape index (κ3) is 3.48. The summed E-state index contributed by atoms with van der Waals surface area (Å²) in [6.07, 6.45) is 2.10. The van der Waals surface area contributed by atoms with Crippen molar-refractivity contribution in [2.24, 2.45) is 0 Å². The number of ether oxygens (including phenoxy) is 1. The molecule has 0 N–H and O–H groups in total. The largest absolute Gasteiger partial charge is 0.376 e. The van der Waals surface area contributed by atoms with E-state index in [9.17, 15) is 4.79 Å².